The summed E-state index contributed by atoms with van der Waals surface area (Å²) in [6.07, 6.45) is 0. The van der Waals surface area contributed by atoms with Gasteiger partial charge in [-0.2, -0.15) is 0 Å². The Balaban J connectivity index is 3.07. The predicted octanol–water partition coefficient (Wildman–Crippen LogP) is 2.58. The molecule has 0 saturated carbocycles. The maximum Gasteiger partial charge on any atom is 0.0534 e. The third kappa shape index (κ3) is 1.79. The van der Waals surface area contributed by atoms with Crippen LogP contribution in [-0.2, 0) is 0 Å². The van der Waals surface area contributed by atoms with Gasteiger partial charge in [0.2, 0.25) is 0 Å². The van der Waals surface area contributed by atoms with Crippen molar-refractivity contribution in [2.75, 3.05) is 6.61 Å². The smallest absolute Gasteiger partial charge is 0.0534 e. The standard InChI is InChI=1S/C10H12ClO/c1-7(6-12)9-4-3-5-10(11)8(9)2/h3-5,12H,6H2,1-2H3. The highest BCUT2D eigenvalue weighted by atomic mass is 35.5. The number of hydrogen-bond donors (Lipinski definition) is 1. The summed E-state index contributed by atoms with van der Waals surface area (Å²) in [5.41, 5.74) is 2.08. The van der Waals surface area contributed by atoms with Crippen molar-refractivity contribution in [2.24, 2.45) is 0 Å². The van der Waals surface area contributed by atoms with Gasteiger partial charge in [0.15, 0.2) is 0 Å². The van der Waals surface area contributed by atoms with Gasteiger partial charge in [0.1, 0.15) is 0 Å². The Bertz CT molecular complexity index is 271. The van der Waals surface area contributed by atoms with E-state index in [2.05, 4.69) is 0 Å². The van der Waals surface area contributed by atoms with Gasteiger partial charge in [-0.3, -0.25) is 0 Å². The molecular weight excluding hydrogens is 172 g/mol. The molecule has 0 fully saturated rings. The van der Waals surface area contributed by atoms with Crippen LogP contribution in [0.1, 0.15) is 18.1 Å². The Morgan fingerprint density at radius 1 is 1.50 bits per heavy atom. The molecule has 0 amide bonds. The lowest BCUT2D eigenvalue weighted by atomic mass is 9.97. The van der Waals surface area contributed by atoms with Crippen LogP contribution >= 0.6 is 11.6 Å². The van der Waals surface area contributed by atoms with Crippen LogP contribution in [0.2, 0.25) is 5.02 Å². The number of hydrogen-bond acceptors (Lipinski definition) is 1. The number of aliphatic hydroxyl groups is 1. The highest BCUT2D eigenvalue weighted by molar-refractivity contribution is 6.31. The first kappa shape index (κ1) is 9.56. The van der Waals surface area contributed by atoms with E-state index in [1.54, 1.807) is 0 Å². The third-order valence-electron chi connectivity index (χ3n) is 1.96. The molecule has 1 rings (SSSR count). The molecule has 0 aliphatic carbocycles. The molecule has 0 aliphatic heterocycles. The van der Waals surface area contributed by atoms with Crippen LogP contribution < -0.4 is 0 Å². The predicted molar refractivity (Wildman–Crippen MR) is 51.3 cm³/mol. The van der Waals surface area contributed by atoms with E-state index in [-0.39, 0.29) is 6.61 Å². The lowest BCUT2D eigenvalue weighted by molar-refractivity contribution is 0.314. The summed E-state index contributed by atoms with van der Waals surface area (Å²) in [6, 6.07) is 5.71. The lowest BCUT2D eigenvalue weighted by Crippen LogP contribution is -2.02. The summed E-state index contributed by atoms with van der Waals surface area (Å²) in [6.45, 7) is 3.94. The first-order valence-corrected chi connectivity index (χ1v) is 4.23. The van der Waals surface area contributed by atoms with E-state index in [1.807, 2.05) is 32.0 Å². The van der Waals surface area contributed by atoms with Crippen molar-refractivity contribution >= 4 is 11.6 Å². The van der Waals surface area contributed by atoms with Crippen LogP contribution in [-0.4, -0.2) is 11.7 Å². The van der Waals surface area contributed by atoms with Crippen LogP contribution in [0.4, 0.5) is 0 Å². The molecule has 0 saturated heterocycles. The van der Waals surface area contributed by atoms with Gasteiger partial charge in [-0.05, 0) is 24.1 Å². The second-order valence-corrected chi connectivity index (χ2v) is 3.26. The first-order chi connectivity index (χ1) is 5.66. The number of rotatable bonds is 2. The maximum absolute atomic E-state index is 8.92. The highest BCUT2D eigenvalue weighted by Gasteiger charge is 2.08. The van der Waals surface area contributed by atoms with Crippen molar-refractivity contribution in [3.05, 3.63) is 40.3 Å². The van der Waals surface area contributed by atoms with Crippen molar-refractivity contribution in [2.45, 2.75) is 13.8 Å². The van der Waals surface area contributed by atoms with Gasteiger partial charge in [0, 0.05) is 10.9 Å². The van der Waals surface area contributed by atoms with Crippen molar-refractivity contribution in [3.63, 3.8) is 0 Å². The highest BCUT2D eigenvalue weighted by Crippen LogP contribution is 2.24. The van der Waals surface area contributed by atoms with Crippen LogP contribution in [0.3, 0.4) is 0 Å². The van der Waals surface area contributed by atoms with Gasteiger partial charge in [0.25, 0.3) is 0 Å². The van der Waals surface area contributed by atoms with Gasteiger partial charge >= 0.3 is 0 Å². The molecule has 0 aliphatic rings. The van der Waals surface area contributed by atoms with Gasteiger partial charge in [0.05, 0.1) is 6.61 Å². The summed E-state index contributed by atoms with van der Waals surface area (Å²) in [5.74, 6) is 0.954. The maximum atomic E-state index is 8.92. The molecule has 1 aromatic rings. The normalized spacial score (nSPS) is 10.8. The van der Waals surface area contributed by atoms with E-state index in [0.717, 1.165) is 22.1 Å². The van der Waals surface area contributed by atoms with Crippen molar-refractivity contribution in [1.82, 2.24) is 0 Å². The molecule has 1 radical (unpaired) electrons. The summed E-state index contributed by atoms with van der Waals surface area (Å²) >= 11 is 5.92. The molecule has 12 heavy (non-hydrogen) atoms. The summed E-state index contributed by atoms with van der Waals surface area (Å²) < 4.78 is 0. The second kappa shape index (κ2) is 3.92. The quantitative estimate of drug-likeness (QED) is 0.748. The first-order valence-electron chi connectivity index (χ1n) is 3.85. The Hall–Kier alpha value is -0.530. The number of aliphatic hydroxyl groups excluding tert-OH is 1. The molecule has 0 heterocycles. The fourth-order valence-corrected chi connectivity index (χ4v) is 1.33. The molecule has 0 spiro atoms. The SMILES string of the molecule is C[C](CO)c1cccc(Cl)c1C. The summed E-state index contributed by atoms with van der Waals surface area (Å²) in [5, 5.41) is 9.67. The molecule has 1 aromatic carbocycles. The third-order valence-corrected chi connectivity index (χ3v) is 2.37. The fraction of sp³-hybridized carbons (Fsp3) is 0.300. The van der Waals surface area contributed by atoms with E-state index in [1.165, 1.54) is 0 Å². The minimum atomic E-state index is 0.0845. The molecule has 0 atom stereocenters. The molecule has 2 heteroatoms. The average Bonchev–Trinajstić information content (AvgIpc) is 2.08. The van der Waals surface area contributed by atoms with Crippen molar-refractivity contribution in [1.29, 1.82) is 0 Å². The molecule has 0 unspecified atom stereocenters. The minimum Gasteiger partial charge on any atom is -0.395 e. The zero-order valence-corrected chi connectivity index (χ0v) is 8.02. The molecule has 65 valence electrons. The van der Waals surface area contributed by atoms with Gasteiger partial charge < -0.3 is 5.11 Å². The molecular formula is C10H12ClO. The Morgan fingerprint density at radius 3 is 2.75 bits per heavy atom. The number of benzene rings is 1. The van der Waals surface area contributed by atoms with E-state index in [9.17, 15) is 0 Å². The van der Waals surface area contributed by atoms with E-state index >= 15 is 0 Å². The molecule has 1 N–H and O–H groups in total. The molecule has 0 aromatic heterocycles. The average molecular weight is 184 g/mol. The van der Waals surface area contributed by atoms with Crippen LogP contribution in [0, 0.1) is 12.8 Å². The molecule has 0 bridgehead atoms. The van der Waals surface area contributed by atoms with Crippen LogP contribution in [0.25, 0.3) is 0 Å². The summed E-state index contributed by atoms with van der Waals surface area (Å²) in [7, 11) is 0. The summed E-state index contributed by atoms with van der Waals surface area (Å²) in [4.78, 5) is 0. The van der Waals surface area contributed by atoms with Gasteiger partial charge in [-0.25, -0.2) is 0 Å². The van der Waals surface area contributed by atoms with Crippen molar-refractivity contribution in [3.8, 4) is 0 Å². The number of halogens is 1. The lowest BCUT2D eigenvalue weighted by Gasteiger charge is -2.11. The van der Waals surface area contributed by atoms with Crippen LogP contribution in [0.5, 0.6) is 0 Å². The monoisotopic (exact) mass is 183 g/mol. The van der Waals surface area contributed by atoms with E-state index in [4.69, 9.17) is 16.7 Å². The minimum absolute atomic E-state index is 0.0845. The Labute approximate surface area is 78.0 Å². The van der Waals surface area contributed by atoms with E-state index < -0.39 is 0 Å². The fourth-order valence-electron chi connectivity index (χ4n) is 1.15. The van der Waals surface area contributed by atoms with Gasteiger partial charge in [-0.15, -0.1) is 0 Å². The Kier molecular flexibility index (Phi) is 3.12. The largest absolute Gasteiger partial charge is 0.395 e. The zero-order valence-electron chi connectivity index (χ0n) is 7.26. The van der Waals surface area contributed by atoms with E-state index in [0.29, 0.717) is 0 Å². The Morgan fingerprint density at radius 2 is 2.17 bits per heavy atom. The second-order valence-electron chi connectivity index (χ2n) is 2.85. The zero-order chi connectivity index (χ0) is 9.14. The topological polar surface area (TPSA) is 20.2 Å². The molecule has 1 nitrogen and oxygen atoms in total. The van der Waals surface area contributed by atoms with Gasteiger partial charge in [-0.1, -0.05) is 30.7 Å². The van der Waals surface area contributed by atoms with Crippen molar-refractivity contribution < 1.29 is 5.11 Å². The van der Waals surface area contributed by atoms with Crippen LogP contribution in [0.15, 0.2) is 18.2 Å².